The van der Waals surface area contributed by atoms with Gasteiger partial charge in [0.05, 0.1) is 40.1 Å². The van der Waals surface area contributed by atoms with E-state index in [0.29, 0.717) is 34.4 Å². The number of ether oxygens (including phenoxy) is 1. The number of nitrogens with zero attached hydrogens (tertiary/aromatic N) is 4. The van der Waals surface area contributed by atoms with E-state index in [4.69, 9.17) is 41.9 Å². The Labute approximate surface area is 282 Å². The van der Waals surface area contributed by atoms with Gasteiger partial charge < -0.3 is 24.2 Å². The number of carbonyl (C=O) groups is 2. The molecule has 220 valence electrons. The van der Waals surface area contributed by atoms with Crippen LogP contribution in [-0.4, -0.2) is 49.1 Å². The number of rotatable bonds is 7. The molecule has 0 radical (unpaired) electrons. The van der Waals surface area contributed by atoms with Crippen LogP contribution in [-0.2, 0) is 17.6 Å². The number of esters is 1. The molecule has 0 atom stereocenters. The molecule has 0 fully saturated rings. The van der Waals surface area contributed by atoms with Crippen molar-refractivity contribution in [2.24, 2.45) is 0 Å². The van der Waals surface area contributed by atoms with Gasteiger partial charge in [0.1, 0.15) is 11.5 Å². The number of carbonyl (C=O) groups excluding carboxylic acids is 1. The largest absolute Gasteiger partial charge is 1.00 e. The predicted molar refractivity (Wildman–Crippen MR) is 157 cm³/mol. The average Bonchev–Trinajstić information content (AvgIpc) is 3.63. The number of aromatic carboxylic acids is 1. The first-order chi connectivity index (χ1) is 20.3. The third-order valence-electron chi connectivity index (χ3n) is 5.92. The van der Waals surface area contributed by atoms with Crippen molar-refractivity contribution < 1.29 is 63.3 Å². The standard InChI is InChI=1S/C16H13ClN2O3.C14H9ClN2O3.Na.H2O/c1-2-21-16(20)15-19-9-13(22-15)6-10-3-4-14-11(5-10)7-12(17)8-18-14;15-10-5-9-3-8(1-2-12(9)16-6-10)4-11-7-17-13(20-11)14(18)19;;/h3-5,7-9H,2,6H2,1H3;1-3,5-7H,4H2,(H,18,19);;1H2/q;;+1;/p-1. The normalized spacial score (nSPS) is 10.3. The van der Waals surface area contributed by atoms with Gasteiger partial charge in [0.15, 0.2) is 0 Å². The van der Waals surface area contributed by atoms with Crippen LogP contribution < -0.4 is 29.6 Å². The smallest absolute Gasteiger partial charge is 0.870 e. The molecule has 0 aliphatic heterocycles. The zero-order valence-electron chi connectivity index (χ0n) is 23.5. The van der Waals surface area contributed by atoms with Gasteiger partial charge in [0.2, 0.25) is 0 Å². The third kappa shape index (κ3) is 8.85. The van der Waals surface area contributed by atoms with Gasteiger partial charge in [-0.1, -0.05) is 35.3 Å². The number of hydrogen-bond acceptors (Lipinski definition) is 10. The maximum Gasteiger partial charge on any atom is 1.00 e. The van der Waals surface area contributed by atoms with Gasteiger partial charge in [-0.05, 0) is 54.4 Å². The molecule has 0 aliphatic carbocycles. The van der Waals surface area contributed by atoms with Gasteiger partial charge in [-0.2, -0.15) is 0 Å². The number of pyridine rings is 2. The van der Waals surface area contributed by atoms with E-state index < -0.39 is 11.9 Å². The van der Waals surface area contributed by atoms with Crippen LogP contribution in [0.15, 0.2) is 82.2 Å². The fourth-order valence-electron chi connectivity index (χ4n) is 4.10. The van der Waals surface area contributed by atoms with Crippen molar-refractivity contribution in [1.82, 2.24) is 19.9 Å². The molecule has 14 heteroatoms. The molecule has 44 heavy (non-hydrogen) atoms. The summed E-state index contributed by atoms with van der Waals surface area (Å²) in [5.74, 6) is -0.962. The molecular formula is C30H23Cl2N4NaO7. The Bertz CT molecular complexity index is 1910. The monoisotopic (exact) mass is 644 g/mol. The van der Waals surface area contributed by atoms with Gasteiger partial charge in [0, 0.05) is 36.0 Å². The van der Waals surface area contributed by atoms with E-state index in [1.165, 1.54) is 12.4 Å². The summed E-state index contributed by atoms with van der Waals surface area (Å²) in [6, 6.07) is 15.3. The summed E-state index contributed by atoms with van der Waals surface area (Å²) in [6.45, 7) is 2.02. The van der Waals surface area contributed by atoms with Crippen LogP contribution in [0.3, 0.4) is 0 Å². The number of aromatic nitrogens is 4. The fraction of sp³-hybridized carbons (Fsp3) is 0.133. The van der Waals surface area contributed by atoms with Crippen molar-refractivity contribution in [3.63, 3.8) is 0 Å². The van der Waals surface area contributed by atoms with Crippen molar-refractivity contribution in [1.29, 1.82) is 0 Å². The number of carboxylic acids is 1. The van der Waals surface area contributed by atoms with Crippen LogP contribution in [0.2, 0.25) is 10.0 Å². The van der Waals surface area contributed by atoms with E-state index in [2.05, 4.69) is 19.9 Å². The summed E-state index contributed by atoms with van der Waals surface area (Å²) in [7, 11) is 0. The maximum atomic E-state index is 11.5. The minimum absolute atomic E-state index is 0. The summed E-state index contributed by atoms with van der Waals surface area (Å²) in [4.78, 5) is 38.3. The Morgan fingerprint density at radius 2 is 1.23 bits per heavy atom. The zero-order chi connectivity index (χ0) is 29.6. The summed E-state index contributed by atoms with van der Waals surface area (Å²) in [6.07, 6.45) is 7.15. The van der Waals surface area contributed by atoms with Crippen molar-refractivity contribution in [2.75, 3.05) is 6.61 Å². The van der Waals surface area contributed by atoms with Crippen molar-refractivity contribution >= 4 is 56.9 Å². The van der Waals surface area contributed by atoms with Crippen LogP contribution >= 0.6 is 23.2 Å². The molecule has 2 N–H and O–H groups in total. The second kappa shape index (κ2) is 15.8. The van der Waals surface area contributed by atoms with E-state index in [0.717, 1.165) is 32.9 Å². The first-order valence-corrected chi connectivity index (χ1v) is 13.4. The molecule has 0 bridgehead atoms. The Morgan fingerprint density at radius 3 is 1.68 bits per heavy atom. The third-order valence-corrected chi connectivity index (χ3v) is 6.33. The van der Waals surface area contributed by atoms with Crippen molar-refractivity contribution in [3.8, 4) is 0 Å². The first-order valence-electron chi connectivity index (χ1n) is 12.7. The van der Waals surface area contributed by atoms with Crippen LogP contribution in [0.1, 0.15) is 50.9 Å². The Kier molecular flexibility index (Phi) is 12.4. The van der Waals surface area contributed by atoms with Gasteiger partial charge in [-0.25, -0.2) is 19.6 Å². The molecule has 6 rings (SSSR count). The SMILES string of the molecule is CCOC(=O)c1ncc(Cc2ccc3ncc(Cl)cc3c2)o1.O=C(O)c1ncc(Cc2ccc3ncc(Cl)cc3c2)o1.[Na+].[OH-]. The average molecular weight is 645 g/mol. The van der Waals surface area contributed by atoms with E-state index in [1.54, 1.807) is 19.3 Å². The van der Waals surface area contributed by atoms with E-state index in [1.807, 2.05) is 48.5 Å². The molecular weight excluding hydrogens is 622 g/mol. The number of hydrogen-bond donors (Lipinski definition) is 1. The number of carboxylic acid groups (broad SMARTS) is 1. The minimum Gasteiger partial charge on any atom is -0.870 e. The molecule has 0 amide bonds. The van der Waals surface area contributed by atoms with Crippen LogP contribution in [0.25, 0.3) is 21.8 Å². The fourth-order valence-corrected chi connectivity index (χ4v) is 4.43. The molecule has 0 aliphatic rings. The second-order valence-electron chi connectivity index (χ2n) is 9.00. The molecule has 11 nitrogen and oxygen atoms in total. The summed E-state index contributed by atoms with van der Waals surface area (Å²) in [5.41, 5.74) is 3.71. The molecule has 2 aromatic carbocycles. The minimum atomic E-state index is -1.18. The molecule has 0 unspecified atom stereocenters. The predicted octanol–water partition coefficient (Wildman–Crippen LogP) is 3.64. The number of benzene rings is 2. The zero-order valence-corrected chi connectivity index (χ0v) is 27.0. The van der Waals surface area contributed by atoms with Crippen molar-refractivity contribution in [3.05, 3.63) is 118 Å². The van der Waals surface area contributed by atoms with Gasteiger partial charge in [-0.15, -0.1) is 0 Å². The number of fused-ring (bicyclic) bond motifs is 2. The Morgan fingerprint density at radius 1 is 0.750 bits per heavy atom. The maximum absolute atomic E-state index is 11.5. The van der Waals surface area contributed by atoms with Gasteiger partial charge >= 0.3 is 53.3 Å². The number of halogens is 2. The van der Waals surface area contributed by atoms with E-state index in [9.17, 15) is 9.59 Å². The van der Waals surface area contributed by atoms with E-state index in [-0.39, 0.29) is 53.4 Å². The topological polar surface area (TPSA) is 171 Å². The van der Waals surface area contributed by atoms with Crippen LogP contribution in [0.5, 0.6) is 0 Å². The summed E-state index contributed by atoms with van der Waals surface area (Å²) >= 11 is 11.9. The van der Waals surface area contributed by atoms with Crippen LogP contribution in [0, 0.1) is 0 Å². The van der Waals surface area contributed by atoms with E-state index >= 15 is 0 Å². The second-order valence-corrected chi connectivity index (χ2v) is 9.88. The Balaban J connectivity index is 0.000000231. The first kappa shape index (κ1) is 34.6. The van der Waals surface area contributed by atoms with Gasteiger partial charge in [0.25, 0.3) is 0 Å². The molecule has 4 heterocycles. The summed E-state index contributed by atoms with van der Waals surface area (Å²) < 4.78 is 15.4. The summed E-state index contributed by atoms with van der Waals surface area (Å²) in [5, 5.41) is 11.8. The molecule has 0 saturated carbocycles. The molecule has 4 aromatic heterocycles. The quantitative estimate of drug-likeness (QED) is 0.199. The number of oxazole rings is 2. The molecule has 6 aromatic rings. The molecule has 0 saturated heterocycles. The Hall–Kier alpha value is -3.84. The molecule has 0 spiro atoms. The van der Waals surface area contributed by atoms with Crippen LogP contribution in [0.4, 0.5) is 0 Å². The van der Waals surface area contributed by atoms with Crippen molar-refractivity contribution in [2.45, 2.75) is 19.8 Å². The van der Waals surface area contributed by atoms with Gasteiger partial charge in [-0.3, -0.25) is 9.97 Å².